The second kappa shape index (κ2) is 8.19. The number of ether oxygens (including phenoxy) is 1. The smallest absolute Gasteiger partial charge is 0.122 e. The number of hydrogen-bond acceptors (Lipinski definition) is 3. The van der Waals surface area contributed by atoms with E-state index in [-0.39, 0.29) is 0 Å². The van der Waals surface area contributed by atoms with Crippen LogP contribution in [0.2, 0.25) is 0 Å². The normalized spacial score (nSPS) is 10.9. The molecule has 2 aromatic carbocycles. The summed E-state index contributed by atoms with van der Waals surface area (Å²) < 4.78 is 7.54. The molecule has 0 amide bonds. The van der Waals surface area contributed by atoms with E-state index in [1.165, 1.54) is 27.9 Å². The molecule has 0 aliphatic carbocycles. The summed E-state index contributed by atoms with van der Waals surface area (Å²) in [6.45, 7) is 3.01. The molecule has 3 aromatic rings. The van der Waals surface area contributed by atoms with Crippen LogP contribution in [0.5, 0.6) is 5.75 Å². The van der Waals surface area contributed by atoms with E-state index in [1.54, 1.807) is 7.11 Å². The highest BCUT2D eigenvalue weighted by molar-refractivity contribution is 5.67. The van der Waals surface area contributed by atoms with Crippen LogP contribution in [0.25, 0.3) is 11.3 Å². The topological polar surface area (TPSA) is 39.1 Å². The summed E-state index contributed by atoms with van der Waals surface area (Å²) in [4.78, 5) is 0. The molecule has 3 rings (SSSR count). The lowest BCUT2D eigenvalue weighted by atomic mass is 9.97. The van der Waals surface area contributed by atoms with Gasteiger partial charge in [0.25, 0.3) is 0 Å². The molecule has 0 spiro atoms. The molecule has 4 nitrogen and oxygen atoms in total. The van der Waals surface area contributed by atoms with Crippen molar-refractivity contribution in [1.29, 1.82) is 0 Å². The number of methoxy groups -OCH3 is 1. The fraction of sp³-hybridized carbons (Fsp3) is 0.318. The number of rotatable bonds is 7. The van der Waals surface area contributed by atoms with Gasteiger partial charge in [0.2, 0.25) is 0 Å². The Morgan fingerprint density at radius 2 is 1.88 bits per heavy atom. The van der Waals surface area contributed by atoms with E-state index >= 15 is 0 Å². The van der Waals surface area contributed by atoms with Crippen molar-refractivity contribution in [2.75, 3.05) is 20.7 Å². The van der Waals surface area contributed by atoms with Crippen LogP contribution in [0.15, 0.2) is 48.5 Å². The minimum absolute atomic E-state index is 0.883. The van der Waals surface area contributed by atoms with Crippen molar-refractivity contribution in [2.24, 2.45) is 7.05 Å². The van der Waals surface area contributed by atoms with Gasteiger partial charge in [-0.1, -0.05) is 30.3 Å². The summed E-state index contributed by atoms with van der Waals surface area (Å²) >= 11 is 0. The van der Waals surface area contributed by atoms with Crippen molar-refractivity contribution in [3.05, 3.63) is 70.9 Å². The Morgan fingerprint density at radius 3 is 2.58 bits per heavy atom. The summed E-state index contributed by atoms with van der Waals surface area (Å²) in [5.74, 6) is 0.937. The zero-order chi connectivity index (χ0) is 18.5. The highest BCUT2D eigenvalue weighted by Gasteiger charge is 2.17. The van der Waals surface area contributed by atoms with E-state index in [0.717, 1.165) is 30.8 Å². The Morgan fingerprint density at radius 1 is 1.12 bits per heavy atom. The zero-order valence-electron chi connectivity index (χ0n) is 16.0. The maximum absolute atomic E-state index is 5.54. The quantitative estimate of drug-likeness (QED) is 0.706. The molecule has 1 N–H and O–H groups in total. The molecule has 0 unspecified atom stereocenters. The first-order chi connectivity index (χ1) is 12.6. The van der Waals surface area contributed by atoms with E-state index in [9.17, 15) is 0 Å². The average Bonchev–Trinajstić information content (AvgIpc) is 2.93. The van der Waals surface area contributed by atoms with Gasteiger partial charge in [-0.05, 0) is 56.3 Å². The minimum Gasteiger partial charge on any atom is -0.496 e. The Kier molecular flexibility index (Phi) is 5.74. The number of nitrogens with one attached hydrogen (secondary N) is 1. The first-order valence-electron chi connectivity index (χ1n) is 9.02. The van der Waals surface area contributed by atoms with Gasteiger partial charge in [-0.2, -0.15) is 5.10 Å². The molecule has 0 saturated heterocycles. The maximum Gasteiger partial charge on any atom is 0.122 e. The van der Waals surface area contributed by atoms with E-state index in [1.807, 2.05) is 18.8 Å². The van der Waals surface area contributed by atoms with Crippen LogP contribution in [0.4, 0.5) is 0 Å². The van der Waals surface area contributed by atoms with Crippen LogP contribution in [0.1, 0.15) is 22.4 Å². The number of aromatic nitrogens is 2. The standard InChI is InChI=1S/C22H27N3O/c1-16-20(14-17-8-6-5-7-9-17)22(25(3)24-16)19-10-11-21(26-4)18(15-19)12-13-23-2/h5-11,15,23H,12-14H2,1-4H3. The molecule has 1 heterocycles. The largest absolute Gasteiger partial charge is 0.496 e. The molecule has 0 radical (unpaired) electrons. The first-order valence-corrected chi connectivity index (χ1v) is 9.02. The van der Waals surface area contributed by atoms with Crippen LogP contribution in [-0.4, -0.2) is 30.5 Å². The average molecular weight is 349 g/mol. The van der Waals surface area contributed by atoms with E-state index in [4.69, 9.17) is 9.84 Å². The van der Waals surface area contributed by atoms with Crippen LogP contribution in [0, 0.1) is 6.92 Å². The Balaban J connectivity index is 2.03. The van der Waals surface area contributed by atoms with Crippen LogP contribution in [-0.2, 0) is 19.9 Å². The third kappa shape index (κ3) is 3.81. The highest BCUT2D eigenvalue weighted by Crippen LogP contribution is 2.31. The molecule has 0 bridgehead atoms. The van der Waals surface area contributed by atoms with Crippen LogP contribution >= 0.6 is 0 Å². The summed E-state index contributed by atoms with van der Waals surface area (Å²) in [6, 6.07) is 17.0. The van der Waals surface area contributed by atoms with Crippen molar-refractivity contribution in [2.45, 2.75) is 19.8 Å². The van der Waals surface area contributed by atoms with Crippen molar-refractivity contribution in [3.8, 4) is 17.0 Å². The third-order valence-corrected chi connectivity index (χ3v) is 4.77. The molecule has 26 heavy (non-hydrogen) atoms. The van der Waals surface area contributed by atoms with Gasteiger partial charge >= 0.3 is 0 Å². The van der Waals surface area contributed by atoms with Gasteiger partial charge < -0.3 is 10.1 Å². The Hall–Kier alpha value is -2.59. The summed E-state index contributed by atoms with van der Waals surface area (Å²) in [5.41, 5.74) is 7.24. The van der Waals surface area contributed by atoms with Crippen LogP contribution in [0.3, 0.4) is 0 Å². The van der Waals surface area contributed by atoms with Crippen molar-refractivity contribution >= 4 is 0 Å². The second-order valence-corrected chi connectivity index (χ2v) is 6.58. The molecule has 4 heteroatoms. The minimum atomic E-state index is 0.883. The lowest BCUT2D eigenvalue weighted by Gasteiger charge is -2.13. The molecule has 0 aliphatic rings. The molecular formula is C22H27N3O. The predicted octanol–water partition coefficient (Wildman–Crippen LogP) is 3.76. The highest BCUT2D eigenvalue weighted by atomic mass is 16.5. The van der Waals surface area contributed by atoms with Gasteiger partial charge in [0.15, 0.2) is 0 Å². The third-order valence-electron chi connectivity index (χ3n) is 4.77. The molecule has 136 valence electrons. The lowest BCUT2D eigenvalue weighted by molar-refractivity contribution is 0.409. The van der Waals surface area contributed by atoms with Crippen molar-refractivity contribution in [1.82, 2.24) is 15.1 Å². The molecule has 1 aromatic heterocycles. The van der Waals surface area contributed by atoms with Crippen LogP contribution < -0.4 is 10.1 Å². The molecule has 0 atom stereocenters. The van der Waals surface area contributed by atoms with E-state index in [0.29, 0.717) is 0 Å². The fourth-order valence-electron chi connectivity index (χ4n) is 3.46. The van der Waals surface area contributed by atoms with Crippen molar-refractivity contribution in [3.63, 3.8) is 0 Å². The molecule has 0 aliphatic heterocycles. The first kappa shape index (κ1) is 18.2. The fourth-order valence-corrected chi connectivity index (χ4v) is 3.46. The molecular weight excluding hydrogens is 322 g/mol. The van der Waals surface area contributed by atoms with Gasteiger partial charge in [-0.15, -0.1) is 0 Å². The van der Waals surface area contributed by atoms with Gasteiger partial charge in [-0.25, -0.2) is 0 Å². The molecule has 0 saturated carbocycles. The van der Waals surface area contributed by atoms with Gasteiger partial charge in [0.05, 0.1) is 18.5 Å². The lowest BCUT2D eigenvalue weighted by Crippen LogP contribution is -2.11. The van der Waals surface area contributed by atoms with Crippen molar-refractivity contribution < 1.29 is 4.74 Å². The summed E-state index contributed by atoms with van der Waals surface area (Å²) in [5, 5.41) is 7.90. The zero-order valence-corrected chi connectivity index (χ0v) is 16.0. The van der Waals surface area contributed by atoms with E-state index in [2.05, 4.69) is 60.8 Å². The van der Waals surface area contributed by atoms with Gasteiger partial charge in [0, 0.05) is 24.6 Å². The number of benzene rings is 2. The number of nitrogens with zero attached hydrogens (tertiary/aromatic N) is 2. The number of hydrogen-bond donors (Lipinski definition) is 1. The predicted molar refractivity (Wildman–Crippen MR) is 107 cm³/mol. The monoisotopic (exact) mass is 349 g/mol. The number of likely N-dealkylation sites (N-methyl/N-ethyl adjacent to an activating group) is 1. The Bertz CT molecular complexity index is 869. The maximum atomic E-state index is 5.54. The second-order valence-electron chi connectivity index (χ2n) is 6.58. The number of aryl methyl sites for hydroxylation is 2. The van der Waals surface area contributed by atoms with Gasteiger partial charge in [-0.3, -0.25) is 4.68 Å². The summed E-state index contributed by atoms with van der Waals surface area (Å²) in [6.07, 6.45) is 1.81. The SMILES string of the molecule is CNCCc1cc(-c2c(Cc3ccccc3)c(C)nn2C)ccc1OC. The van der Waals surface area contributed by atoms with E-state index < -0.39 is 0 Å². The Labute approximate surface area is 155 Å². The molecule has 0 fully saturated rings. The summed E-state index contributed by atoms with van der Waals surface area (Å²) in [7, 11) is 5.72. The van der Waals surface area contributed by atoms with Gasteiger partial charge in [0.1, 0.15) is 5.75 Å².